The van der Waals surface area contributed by atoms with Crippen molar-refractivity contribution in [2.45, 2.75) is 33.9 Å². The predicted molar refractivity (Wildman–Crippen MR) is 88.3 cm³/mol. The van der Waals surface area contributed by atoms with Crippen molar-refractivity contribution < 1.29 is 9.32 Å². The summed E-state index contributed by atoms with van der Waals surface area (Å²) >= 11 is 0. The second kappa shape index (κ2) is 5.33. The molecule has 122 valence electrons. The number of amides is 1. The molecule has 0 bridgehead atoms. The first-order chi connectivity index (χ1) is 11.6. The van der Waals surface area contributed by atoms with Gasteiger partial charge in [0.2, 0.25) is 0 Å². The molecule has 0 saturated carbocycles. The quantitative estimate of drug-likeness (QED) is 0.786. The molecule has 1 aromatic carbocycles. The van der Waals surface area contributed by atoms with Crippen LogP contribution in [-0.4, -0.2) is 26.2 Å². The Morgan fingerprint density at radius 1 is 1.21 bits per heavy atom. The lowest BCUT2D eigenvalue weighted by molar-refractivity contribution is 0.0747. The van der Waals surface area contributed by atoms with Crippen LogP contribution in [0.3, 0.4) is 0 Å². The Morgan fingerprint density at radius 2 is 2.00 bits per heavy atom. The minimum atomic E-state index is -0.0495. The monoisotopic (exact) mass is 322 g/mol. The third kappa shape index (κ3) is 2.14. The van der Waals surface area contributed by atoms with Crippen molar-refractivity contribution in [3.8, 4) is 11.3 Å². The number of rotatable bonds is 2. The molecule has 1 N–H and O–H groups in total. The number of aromatic amines is 1. The highest BCUT2D eigenvalue weighted by Crippen LogP contribution is 2.33. The zero-order valence-corrected chi connectivity index (χ0v) is 13.9. The summed E-state index contributed by atoms with van der Waals surface area (Å²) in [7, 11) is 0. The average Bonchev–Trinajstić information content (AvgIpc) is 3.22. The number of H-pyrrole nitrogens is 1. The van der Waals surface area contributed by atoms with E-state index in [9.17, 15) is 4.79 Å². The molecule has 3 heterocycles. The highest BCUT2D eigenvalue weighted by molar-refractivity contribution is 5.96. The van der Waals surface area contributed by atoms with Gasteiger partial charge in [-0.05, 0) is 26.3 Å². The summed E-state index contributed by atoms with van der Waals surface area (Å²) in [6.45, 7) is 6.69. The van der Waals surface area contributed by atoms with Gasteiger partial charge in [0, 0.05) is 11.1 Å². The molecule has 24 heavy (non-hydrogen) atoms. The van der Waals surface area contributed by atoms with Gasteiger partial charge in [-0.3, -0.25) is 9.89 Å². The third-order valence-electron chi connectivity index (χ3n) is 4.59. The van der Waals surface area contributed by atoms with Gasteiger partial charge in [-0.2, -0.15) is 5.10 Å². The predicted octanol–water partition coefficient (Wildman–Crippen LogP) is 3.15. The van der Waals surface area contributed by atoms with Gasteiger partial charge >= 0.3 is 0 Å². The molecule has 1 aliphatic heterocycles. The second-order valence-electron chi connectivity index (χ2n) is 6.20. The van der Waals surface area contributed by atoms with Crippen LogP contribution in [0.1, 0.15) is 38.6 Å². The van der Waals surface area contributed by atoms with E-state index < -0.39 is 0 Å². The second-order valence-corrected chi connectivity index (χ2v) is 6.20. The normalized spacial score (nSPS) is 13.4. The summed E-state index contributed by atoms with van der Waals surface area (Å²) in [5, 5.41) is 11.4. The van der Waals surface area contributed by atoms with E-state index in [-0.39, 0.29) is 5.91 Å². The SMILES string of the molecule is Cc1ccccc1-c1n[nH]c2c1CN(C(=O)c1c(C)noc1C)C2. The molecule has 0 spiro atoms. The Kier molecular flexibility index (Phi) is 3.26. The minimum Gasteiger partial charge on any atom is -0.361 e. The van der Waals surface area contributed by atoms with Gasteiger partial charge in [0.1, 0.15) is 11.3 Å². The number of aromatic nitrogens is 3. The average molecular weight is 322 g/mol. The van der Waals surface area contributed by atoms with Crippen molar-refractivity contribution in [2.24, 2.45) is 0 Å². The number of aryl methyl sites for hydroxylation is 3. The fourth-order valence-electron chi connectivity index (χ4n) is 3.29. The van der Waals surface area contributed by atoms with E-state index in [0.717, 1.165) is 22.5 Å². The number of fused-ring (bicyclic) bond motifs is 1. The maximum atomic E-state index is 12.8. The van der Waals surface area contributed by atoms with E-state index in [0.29, 0.717) is 30.1 Å². The van der Waals surface area contributed by atoms with Gasteiger partial charge < -0.3 is 9.42 Å². The Bertz CT molecular complexity index is 919. The van der Waals surface area contributed by atoms with Gasteiger partial charge in [0.05, 0.1) is 30.2 Å². The van der Waals surface area contributed by atoms with Crippen molar-refractivity contribution in [3.63, 3.8) is 0 Å². The topological polar surface area (TPSA) is 75.0 Å². The van der Waals surface area contributed by atoms with Crippen LogP contribution >= 0.6 is 0 Å². The minimum absolute atomic E-state index is 0.0495. The Hall–Kier alpha value is -2.89. The van der Waals surface area contributed by atoms with Crippen LogP contribution in [0.25, 0.3) is 11.3 Å². The van der Waals surface area contributed by atoms with Crippen LogP contribution in [0, 0.1) is 20.8 Å². The molecular formula is C18H18N4O2. The molecule has 1 aliphatic rings. The molecule has 2 aromatic heterocycles. The Morgan fingerprint density at radius 3 is 2.71 bits per heavy atom. The highest BCUT2D eigenvalue weighted by Gasteiger charge is 2.32. The van der Waals surface area contributed by atoms with E-state index in [2.05, 4.69) is 34.4 Å². The fraction of sp³-hybridized carbons (Fsp3) is 0.278. The number of carbonyl (C=O) groups is 1. The molecule has 0 atom stereocenters. The molecule has 0 saturated heterocycles. The van der Waals surface area contributed by atoms with Crippen LogP contribution in [0.2, 0.25) is 0 Å². The number of hydrogen-bond acceptors (Lipinski definition) is 4. The molecule has 6 nitrogen and oxygen atoms in total. The van der Waals surface area contributed by atoms with Crippen molar-refractivity contribution in [2.75, 3.05) is 0 Å². The lowest BCUT2D eigenvalue weighted by atomic mass is 10.0. The van der Waals surface area contributed by atoms with E-state index in [1.165, 1.54) is 5.56 Å². The molecule has 0 aliphatic carbocycles. The number of benzene rings is 1. The van der Waals surface area contributed by atoms with Gasteiger partial charge in [0.25, 0.3) is 5.91 Å². The van der Waals surface area contributed by atoms with Gasteiger partial charge in [-0.25, -0.2) is 0 Å². The lowest BCUT2D eigenvalue weighted by Gasteiger charge is -2.15. The van der Waals surface area contributed by atoms with E-state index in [4.69, 9.17) is 4.52 Å². The summed E-state index contributed by atoms with van der Waals surface area (Å²) in [6, 6.07) is 8.15. The van der Waals surface area contributed by atoms with Crippen molar-refractivity contribution in [1.82, 2.24) is 20.3 Å². The molecule has 3 aromatic rings. The maximum Gasteiger partial charge on any atom is 0.260 e. The first-order valence-electron chi connectivity index (χ1n) is 7.90. The van der Waals surface area contributed by atoms with Crippen LogP contribution in [0.5, 0.6) is 0 Å². The van der Waals surface area contributed by atoms with Crippen LogP contribution in [0.15, 0.2) is 28.8 Å². The Labute approximate surface area is 139 Å². The largest absolute Gasteiger partial charge is 0.361 e. The first-order valence-corrected chi connectivity index (χ1v) is 7.90. The Balaban J connectivity index is 1.66. The van der Waals surface area contributed by atoms with Gasteiger partial charge in [0.15, 0.2) is 0 Å². The summed E-state index contributed by atoms with van der Waals surface area (Å²) in [5.41, 5.74) is 6.47. The number of nitrogens with zero attached hydrogens (tertiary/aromatic N) is 3. The standard InChI is InChI=1S/C18H18N4O2/c1-10-6-4-5-7-13(10)17-14-8-22(9-15(14)19-20-17)18(23)16-11(2)21-24-12(16)3/h4-7H,8-9H2,1-3H3,(H,19,20). The summed E-state index contributed by atoms with van der Waals surface area (Å²) in [4.78, 5) is 14.6. The lowest BCUT2D eigenvalue weighted by Crippen LogP contribution is -2.26. The van der Waals surface area contributed by atoms with Gasteiger partial charge in [-0.15, -0.1) is 0 Å². The zero-order valence-electron chi connectivity index (χ0n) is 13.9. The zero-order chi connectivity index (χ0) is 16.8. The molecular weight excluding hydrogens is 304 g/mol. The molecule has 0 unspecified atom stereocenters. The van der Waals surface area contributed by atoms with Crippen LogP contribution in [0.4, 0.5) is 0 Å². The molecule has 4 rings (SSSR count). The number of carbonyl (C=O) groups excluding carboxylic acids is 1. The van der Waals surface area contributed by atoms with Crippen molar-refractivity contribution >= 4 is 5.91 Å². The fourth-order valence-corrected chi connectivity index (χ4v) is 3.29. The summed E-state index contributed by atoms with van der Waals surface area (Å²) < 4.78 is 5.13. The van der Waals surface area contributed by atoms with E-state index in [1.54, 1.807) is 18.7 Å². The van der Waals surface area contributed by atoms with Crippen LogP contribution in [-0.2, 0) is 13.1 Å². The molecule has 1 amide bonds. The van der Waals surface area contributed by atoms with Crippen molar-refractivity contribution in [3.05, 3.63) is 58.1 Å². The summed E-state index contributed by atoms with van der Waals surface area (Å²) in [5.74, 6) is 0.511. The smallest absolute Gasteiger partial charge is 0.260 e. The highest BCUT2D eigenvalue weighted by atomic mass is 16.5. The molecule has 0 fully saturated rings. The first kappa shape index (κ1) is 14.7. The third-order valence-corrected chi connectivity index (χ3v) is 4.59. The number of hydrogen-bond donors (Lipinski definition) is 1. The molecule has 0 radical (unpaired) electrons. The van der Waals surface area contributed by atoms with Gasteiger partial charge in [-0.1, -0.05) is 29.4 Å². The number of nitrogens with one attached hydrogen (secondary N) is 1. The molecule has 6 heteroatoms. The van der Waals surface area contributed by atoms with E-state index in [1.807, 2.05) is 12.1 Å². The van der Waals surface area contributed by atoms with E-state index >= 15 is 0 Å². The summed E-state index contributed by atoms with van der Waals surface area (Å²) in [6.07, 6.45) is 0. The van der Waals surface area contributed by atoms with Crippen LogP contribution < -0.4 is 0 Å². The van der Waals surface area contributed by atoms with Crippen molar-refractivity contribution in [1.29, 1.82) is 0 Å². The maximum absolute atomic E-state index is 12.8.